The van der Waals surface area contributed by atoms with E-state index in [1.54, 1.807) is 0 Å². The molecule has 5 heteroatoms. The summed E-state index contributed by atoms with van der Waals surface area (Å²) in [5.41, 5.74) is 5.42. The Hall–Kier alpha value is -1.10. The van der Waals surface area contributed by atoms with Crippen molar-refractivity contribution in [2.45, 2.75) is 90.0 Å². The van der Waals surface area contributed by atoms with Crippen LogP contribution in [0, 0.1) is 0 Å². The van der Waals surface area contributed by atoms with E-state index in [2.05, 4.69) is 12.2 Å². The van der Waals surface area contributed by atoms with E-state index in [4.69, 9.17) is 10.8 Å². The fourth-order valence-electron chi connectivity index (χ4n) is 2.43. The first-order valence-corrected chi connectivity index (χ1v) is 8.84. The van der Waals surface area contributed by atoms with Crippen molar-refractivity contribution in [3.63, 3.8) is 0 Å². The second kappa shape index (κ2) is 14.8. The first-order valence-electron chi connectivity index (χ1n) is 8.84. The third-order valence-corrected chi connectivity index (χ3v) is 3.85. The molecule has 1 rings (SSSR count). The van der Waals surface area contributed by atoms with E-state index in [0.717, 1.165) is 6.54 Å². The Morgan fingerprint density at radius 1 is 1.09 bits per heavy atom. The molecular weight excluding hydrogens is 280 g/mol. The van der Waals surface area contributed by atoms with Gasteiger partial charge in [0, 0.05) is 6.42 Å². The molecule has 1 saturated heterocycles. The van der Waals surface area contributed by atoms with E-state index < -0.39 is 12.0 Å². The maximum absolute atomic E-state index is 10.4. The summed E-state index contributed by atoms with van der Waals surface area (Å²) in [6, 6.07) is -0.641. The zero-order valence-corrected chi connectivity index (χ0v) is 14.1. The van der Waals surface area contributed by atoms with Crippen LogP contribution in [0.1, 0.15) is 84.0 Å². The Morgan fingerprint density at radius 2 is 1.59 bits per heavy atom. The van der Waals surface area contributed by atoms with Gasteiger partial charge in [-0.2, -0.15) is 0 Å². The molecule has 0 bridgehead atoms. The number of amides is 1. The summed E-state index contributed by atoms with van der Waals surface area (Å²) < 4.78 is 0. The SMILES string of the molecule is CCCCCCCCCCCCN.O=C1CCC(C(=O)O)N1. The molecule has 0 saturated carbocycles. The largest absolute Gasteiger partial charge is 0.480 e. The summed E-state index contributed by atoms with van der Waals surface area (Å²) >= 11 is 0. The van der Waals surface area contributed by atoms with Gasteiger partial charge < -0.3 is 16.2 Å². The number of carboxylic acid groups (broad SMARTS) is 1. The molecule has 1 fully saturated rings. The molecule has 1 aliphatic rings. The molecule has 1 unspecified atom stereocenters. The van der Waals surface area contributed by atoms with Crippen LogP contribution in [-0.4, -0.2) is 29.6 Å². The van der Waals surface area contributed by atoms with Crippen LogP contribution < -0.4 is 11.1 Å². The van der Waals surface area contributed by atoms with Crippen molar-refractivity contribution in [3.8, 4) is 0 Å². The lowest BCUT2D eigenvalue weighted by Crippen LogP contribution is -2.32. The number of nitrogens with two attached hydrogens (primary N) is 1. The van der Waals surface area contributed by atoms with Crippen LogP contribution in [0.2, 0.25) is 0 Å². The van der Waals surface area contributed by atoms with Crippen LogP contribution in [0.5, 0.6) is 0 Å². The number of hydrogen-bond acceptors (Lipinski definition) is 3. The van der Waals surface area contributed by atoms with Crippen LogP contribution in [0.3, 0.4) is 0 Å². The van der Waals surface area contributed by atoms with Gasteiger partial charge in [0.25, 0.3) is 0 Å². The number of carboxylic acids is 1. The molecule has 1 aliphatic heterocycles. The summed E-state index contributed by atoms with van der Waals surface area (Å²) in [4.78, 5) is 20.5. The maximum atomic E-state index is 10.4. The van der Waals surface area contributed by atoms with Gasteiger partial charge in [-0.25, -0.2) is 4.79 Å². The number of rotatable bonds is 11. The van der Waals surface area contributed by atoms with Crippen LogP contribution in [0.25, 0.3) is 0 Å². The lowest BCUT2D eigenvalue weighted by molar-refractivity contribution is -0.140. The minimum Gasteiger partial charge on any atom is -0.480 e. The zero-order chi connectivity index (χ0) is 16.6. The molecule has 0 radical (unpaired) electrons. The van der Waals surface area contributed by atoms with E-state index in [1.807, 2.05) is 0 Å². The Labute approximate surface area is 135 Å². The molecule has 1 amide bonds. The van der Waals surface area contributed by atoms with Crippen molar-refractivity contribution in [2.24, 2.45) is 5.73 Å². The summed E-state index contributed by atoms with van der Waals surface area (Å²) in [6.07, 6.45) is 14.7. The monoisotopic (exact) mass is 314 g/mol. The standard InChI is InChI=1S/C12H27N.C5H7NO3/c1-2-3-4-5-6-7-8-9-10-11-12-13;7-4-2-1-3(6-4)5(8)9/h2-13H2,1H3;3H,1-2H2,(H,6,7)(H,8,9). The van der Waals surface area contributed by atoms with E-state index in [1.165, 1.54) is 64.2 Å². The smallest absolute Gasteiger partial charge is 0.326 e. The van der Waals surface area contributed by atoms with Gasteiger partial charge >= 0.3 is 5.97 Å². The zero-order valence-electron chi connectivity index (χ0n) is 14.1. The number of aliphatic carboxylic acids is 1. The Balaban J connectivity index is 0.000000425. The second-order valence-electron chi connectivity index (χ2n) is 5.97. The van der Waals surface area contributed by atoms with Crippen molar-refractivity contribution >= 4 is 11.9 Å². The molecule has 0 aliphatic carbocycles. The topological polar surface area (TPSA) is 92.4 Å². The van der Waals surface area contributed by atoms with Crippen molar-refractivity contribution in [3.05, 3.63) is 0 Å². The molecule has 130 valence electrons. The second-order valence-corrected chi connectivity index (χ2v) is 5.97. The summed E-state index contributed by atoms with van der Waals surface area (Å²) in [7, 11) is 0. The number of carbonyl (C=O) groups is 2. The van der Waals surface area contributed by atoms with E-state index >= 15 is 0 Å². The minimum absolute atomic E-state index is 0.164. The molecule has 5 nitrogen and oxygen atoms in total. The van der Waals surface area contributed by atoms with Gasteiger partial charge in [-0.05, 0) is 19.4 Å². The normalized spacial score (nSPS) is 16.8. The first-order chi connectivity index (χ1) is 10.6. The Kier molecular flexibility index (Phi) is 14.1. The Bertz CT molecular complexity index is 286. The molecule has 0 spiro atoms. The van der Waals surface area contributed by atoms with Gasteiger partial charge in [-0.15, -0.1) is 0 Å². The van der Waals surface area contributed by atoms with E-state index in [-0.39, 0.29) is 5.91 Å². The molecular formula is C17H34N2O3. The van der Waals surface area contributed by atoms with Crippen LogP contribution in [-0.2, 0) is 9.59 Å². The molecule has 0 aromatic carbocycles. The van der Waals surface area contributed by atoms with Gasteiger partial charge in [0.05, 0.1) is 0 Å². The highest BCUT2D eigenvalue weighted by atomic mass is 16.4. The van der Waals surface area contributed by atoms with Crippen molar-refractivity contribution in [1.82, 2.24) is 5.32 Å². The van der Waals surface area contributed by atoms with Crippen LogP contribution >= 0.6 is 0 Å². The Morgan fingerprint density at radius 3 is 1.91 bits per heavy atom. The van der Waals surface area contributed by atoms with Gasteiger partial charge in [0.15, 0.2) is 0 Å². The average molecular weight is 314 g/mol. The highest BCUT2D eigenvalue weighted by Gasteiger charge is 2.26. The predicted molar refractivity (Wildman–Crippen MR) is 89.7 cm³/mol. The van der Waals surface area contributed by atoms with Crippen LogP contribution in [0.15, 0.2) is 0 Å². The minimum atomic E-state index is -0.944. The lowest BCUT2D eigenvalue weighted by atomic mass is 10.1. The summed E-state index contributed by atoms with van der Waals surface area (Å²) in [6.45, 7) is 3.14. The number of carbonyl (C=O) groups excluding carboxylic acids is 1. The summed E-state index contributed by atoms with van der Waals surface area (Å²) in [5.74, 6) is -1.11. The predicted octanol–water partition coefficient (Wildman–Crippen LogP) is 3.22. The molecule has 22 heavy (non-hydrogen) atoms. The fraction of sp³-hybridized carbons (Fsp3) is 0.882. The maximum Gasteiger partial charge on any atom is 0.326 e. The molecule has 4 N–H and O–H groups in total. The fourth-order valence-corrected chi connectivity index (χ4v) is 2.43. The van der Waals surface area contributed by atoms with E-state index in [0.29, 0.717) is 12.8 Å². The molecule has 1 atom stereocenters. The quantitative estimate of drug-likeness (QED) is 0.511. The van der Waals surface area contributed by atoms with Crippen molar-refractivity contribution in [2.75, 3.05) is 6.54 Å². The average Bonchev–Trinajstić information content (AvgIpc) is 2.93. The highest BCUT2D eigenvalue weighted by Crippen LogP contribution is 2.10. The molecule has 0 aromatic rings. The number of unbranched alkanes of at least 4 members (excludes halogenated alkanes) is 9. The van der Waals surface area contributed by atoms with Gasteiger partial charge in [-0.1, -0.05) is 64.7 Å². The number of nitrogens with one attached hydrogen (secondary N) is 1. The van der Waals surface area contributed by atoms with Gasteiger partial charge in [0.2, 0.25) is 5.91 Å². The third kappa shape index (κ3) is 12.6. The summed E-state index contributed by atoms with van der Waals surface area (Å²) in [5, 5.41) is 10.6. The number of hydrogen-bond donors (Lipinski definition) is 3. The first kappa shape index (κ1) is 20.9. The van der Waals surface area contributed by atoms with Gasteiger partial charge in [0.1, 0.15) is 6.04 Å². The van der Waals surface area contributed by atoms with Crippen molar-refractivity contribution < 1.29 is 14.7 Å². The highest BCUT2D eigenvalue weighted by molar-refractivity contribution is 5.87. The van der Waals surface area contributed by atoms with E-state index in [9.17, 15) is 9.59 Å². The molecule has 1 heterocycles. The lowest BCUT2D eigenvalue weighted by Gasteiger charge is -2.00. The van der Waals surface area contributed by atoms with Gasteiger partial charge in [-0.3, -0.25) is 4.79 Å². The van der Waals surface area contributed by atoms with Crippen molar-refractivity contribution in [1.29, 1.82) is 0 Å². The molecule has 0 aromatic heterocycles. The third-order valence-electron chi connectivity index (χ3n) is 3.85. The van der Waals surface area contributed by atoms with Crippen LogP contribution in [0.4, 0.5) is 0 Å².